The second-order valence-corrected chi connectivity index (χ2v) is 5.20. The summed E-state index contributed by atoms with van der Waals surface area (Å²) < 4.78 is 0. The summed E-state index contributed by atoms with van der Waals surface area (Å²) in [7, 11) is 0. The first-order chi connectivity index (χ1) is 9.74. The minimum atomic E-state index is 0.256. The third-order valence-electron chi connectivity index (χ3n) is 3.78. The first kappa shape index (κ1) is 14.7. The van der Waals surface area contributed by atoms with Crippen molar-refractivity contribution in [2.24, 2.45) is 0 Å². The zero-order valence-electron chi connectivity index (χ0n) is 12.6. The number of pyridine rings is 1. The molecule has 2 rings (SSSR count). The number of aromatic nitrogens is 1. The van der Waals surface area contributed by atoms with E-state index >= 15 is 0 Å². The molecule has 106 valence electrons. The molecule has 0 aliphatic heterocycles. The first-order valence-corrected chi connectivity index (χ1v) is 7.50. The predicted molar refractivity (Wildman–Crippen MR) is 84.6 cm³/mol. The average Bonchev–Trinajstić information content (AvgIpc) is 2.53. The Bertz CT molecular complexity index is 505. The highest BCUT2D eigenvalue weighted by molar-refractivity contribution is 5.25. The van der Waals surface area contributed by atoms with Gasteiger partial charge in [-0.1, -0.05) is 44.2 Å². The SMILES string of the molecule is CCc1ccc(C(CC)N[C@@H](C)c2ccccn2)cc1. The number of rotatable bonds is 6. The Morgan fingerprint density at radius 2 is 1.80 bits per heavy atom. The standard InChI is InChI=1S/C18H24N2/c1-4-15-9-11-16(12-10-15)17(5-2)20-14(3)18-8-6-7-13-19-18/h6-14,17,20H,4-5H2,1-3H3/t14-,17?/m0/s1. The minimum absolute atomic E-state index is 0.256. The van der Waals surface area contributed by atoms with Crippen LogP contribution in [0.3, 0.4) is 0 Å². The highest BCUT2D eigenvalue weighted by atomic mass is 15.0. The van der Waals surface area contributed by atoms with E-state index in [-0.39, 0.29) is 6.04 Å². The van der Waals surface area contributed by atoms with Gasteiger partial charge < -0.3 is 5.32 Å². The summed E-state index contributed by atoms with van der Waals surface area (Å²) in [6.45, 7) is 6.58. The normalized spacial score (nSPS) is 13.9. The van der Waals surface area contributed by atoms with Crippen molar-refractivity contribution in [3.05, 3.63) is 65.5 Å². The quantitative estimate of drug-likeness (QED) is 0.837. The van der Waals surface area contributed by atoms with E-state index in [9.17, 15) is 0 Å². The number of nitrogens with zero attached hydrogens (tertiary/aromatic N) is 1. The molecule has 0 amide bonds. The van der Waals surface area contributed by atoms with Gasteiger partial charge in [-0.25, -0.2) is 0 Å². The lowest BCUT2D eigenvalue weighted by molar-refractivity contribution is 0.450. The van der Waals surface area contributed by atoms with Gasteiger partial charge in [-0.3, -0.25) is 4.98 Å². The lowest BCUT2D eigenvalue weighted by atomic mass is 10.0. The Balaban J connectivity index is 2.08. The summed E-state index contributed by atoms with van der Waals surface area (Å²) in [5, 5.41) is 3.67. The van der Waals surface area contributed by atoms with Crippen LogP contribution in [0.1, 0.15) is 56.1 Å². The molecule has 0 aliphatic carbocycles. The molecule has 2 nitrogen and oxygen atoms in total. The van der Waals surface area contributed by atoms with Crippen LogP contribution in [0.15, 0.2) is 48.7 Å². The van der Waals surface area contributed by atoms with Crippen molar-refractivity contribution in [1.29, 1.82) is 0 Å². The summed E-state index contributed by atoms with van der Waals surface area (Å²) in [5.74, 6) is 0. The summed E-state index contributed by atoms with van der Waals surface area (Å²) >= 11 is 0. The molecular weight excluding hydrogens is 244 g/mol. The fourth-order valence-corrected chi connectivity index (χ4v) is 2.45. The van der Waals surface area contributed by atoms with Crippen molar-refractivity contribution in [1.82, 2.24) is 10.3 Å². The molecule has 1 unspecified atom stereocenters. The molecule has 0 bridgehead atoms. The van der Waals surface area contributed by atoms with Gasteiger partial charge in [0, 0.05) is 18.3 Å². The van der Waals surface area contributed by atoms with E-state index < -0.39 is 0 Å². The van der Waals surface area contributed by atoms with E-state index in [1.54, 1.807) is 0 Å². The summed E-state index contributed by atoms with van der Waals surface area (Å²) in [6.07, 6.45) is 4.02. The van der Waals surface area contributed by atoms with Gasteiger partial charge in [0.1, 0.15) is 0 Å². The molecule has 0 spiro atoms. The zero-order valence-corrected chi connectivity index (χ0v) is 12.6. The molecule has 2 aromatic rings. The van der Waals surface area contributed by atoms with Gasteiger partial charge >= 0.3 is 0 Å². The third-order valence-corrected chi connectivity index (χ3v) is 3.78. The van der Waals surface area contributed by atoms with Crippen molar-refractivity contribution in [2.45, 2.75) is 45.7 Å². The third kappa shape index (κ3) is 3.67. The number of aryl methyl sites for hydroxylation is 1. The van der Waals surface area contributed by atoms with E-state index in [1.165, 1.54) is 11.1 Å². The topological polar surface area (TPSA) is 24.9 Å². The number of hydrogen-bond donors (Lipinski definition) is 1. The van der Waals surface area contributed by atoms with Crippen LogP contribution in [0.2, 0.25) is 0 Å². The average molecular weight is 268 g/mol. The van der Waals surface area contributed by atoms with Gasteiger partial charge in [0.2, 0.25) is 0 Å². The van der Waals surface area contributed by atoms with Crippen LogP contribution in [0, 0.1) is 0 Å². The monoisotopic (exact) mass is 268 g/mol. The van der Waals surface area contributed by atoms with Gasteiger partial charge in [0.05, 0.1) is 5.69 Å². The Hall–Kier alpha value is -1.67. The summed E-state index contributed by atoms with van der Waals surface area (Å²) in [6, 6.07) is 15.6. The Morgan fingerprint density at radius 3 is 2.35 bits per heavy atom. The number of hydrogen-bond acceptors (Lipinski definition) is 2. The maximum atomic E-state index is 4.42. The molecule has 1 aromatic carbocycles. The highest BCUT2D eigenvalue weighted by Crippen LogP contribution is 2.21. The van der Waals surface area contributed by atoms with Gasteiger partial charge in [-0.15, -0.1) is 0 Å². The molecule has 0 radical (unpaired) electrons. The fraction of sp³-hybridized carbons (Fsp3) is 0.389. The van der Waals surface area contributed by atoms with Crippen molar-refractivity contribution in [3.8, 4) is 0 Å². The van der Waals surface area contributed by atoms with Crippen LogP contribution >= 0.6 is 0 Å². The molecule has 20 heavy (non-hydrogen) atoms. The van der Waals surface area contributed by atoms with Crippen molar-refractivity contribution in [2.75, 3.05) is 0 Å². The molecule has 0 saturated carbocycles. The van der Waals surface area contributed by atoms with E-state index in [1.807, 2.05) is 18.3 Å². The molecule has 1 heterocycles. The smallest absolute Gasteiger partial charge is 0.0570 e. The van der Waals surface area contributed by atoms with Crippen molar-refractivity contribution >= 4 is 0 Å². The van der Waals surface area contributed by atoms with Crippen LogP contribution < -0.4 is 5.32 Å². The molecule has 1 aromatic heterocycles. The van der Waals surface area contributed by atoms with Crippen LogP contribution in [0.25, 0.3) is 0 Å². The molecule has 0 saturated heterocycles. The predicted octanol–water partition coefficient (Wildman–Crippen LogP) is 4.45. The maximum absolute atomic E-state index is 4.42. The number of nitrogens with one attached hydrogen (secondary N) is 1. The second-order valence-electron chi connectivity index (χ2n) is 5.20. The Labute approximate surface area is 122 Å². The molecule has 0 aliphatic rings. The lowest BCUT2D eigenvalue weighted by Crippen LogP contribution is -2.24. The zero-order chi connectivity index (χ0) is 14.4. The van der Waals surface area contributed by atoms with E-state index in [0.29, 0.717) is 6.04 Å². The van der Waals surface area contributed by atoms with Gasteiger partial charge in [-0.05, 0) is 43.0 Å². The molecule has 0 fully saturated rings. The van der Waals surface area contributed by atoms with Crippen LogP contribution in [0.4, 0.5) is 0 Å². The van der Waals surface area contributed by atoms with Crippen molar-refractivity contribution in [3.63, 3.8) is 0 Å². The Morgan fingerprint density at radius 1 is 1.05 bits per heavy atom. The molecule has 2 atom stereocenters. The summed E-state index contributed by atoms with van der Waals surface area (Å²) in [4.78, 5) is 4.42. The highest BCUT2D eigenvalue weighted by Gasteiger charge is 2.14. The Kier molecular flexibility index (Phi) is 5.31. The van der Waals surface area contributed by atoms with Crippen LogP contribution in [-0.2, 0) is 6.42 Å². The molecule has 2 heteroatoms. The maximum Gasteiger partial charge on any atom is 0.0570 e. The van der Waals surface area contributed by atoms with Gasteiger partial charge in [0.15, 0.2) is 0 Å². The van der Waals surface area contributed by atoms with Crippen molar-refractivity contribution < 1.29 is 0 Å². The first-order valence-electron chi connectivity index (χ1n) is 7.50. The largest absolute Gasteiger partial charge is 0.302 e. The minimum Gasteiger partial charge on any atom is -0.302 e. The van der Waals surface area contributed by atoms with Gasteiger partial charge in [0.25, 0.3) is 0 Å². The molecular formula is C18H24N2. The number of benzene rings is 1. The lowest BCUT2D eigenvalue weighted by Gasteiger charge is -2.22. The second kappa shape index (κ2) is 7.20. The molecule has 1 N–H and O–H groups in total. The van der Waals surface area contributed by atoms with E-state index in [4.69, 9.17) is 0 Å². The fourth-order valence-electron chi connectivity index (χ4n) is 2.45. The van der Waals surface area contributed by atoms with Crippen LogP contribution in [-0.4, -0.2) is 4.98 Å². The summed E-state index contributed by atoms with van der Waals surface area (Å²) in [5.41, 5.74) is 3.84. The van der Waals surface area contributed by atoms with Gasteiger partial charge in [-0.2, -0.15) is 0 Å². The van der Waals surface area contributed by atoms with Crippen LogP contribution in [0.5, 0.6) is 0 Å². The van der Waals surface area contributed by atoms with E-state index in [0.717, 1.165) is 18.5 Å². The van der Waals surface area contributed by atoms with E-state index in [2.05, 4.69) is 61.4 Å².